The molecule has 1 N–H and O–H groups in total. The van der Waals surface area contributed by atoms with Gasteiger partial charge in [-0.2, -0.15) is 0 Å². The topological polar surface area (TPSA) is 52.5 Å². The third-order valence-corrected chi connectivity index (χ3v) is 13.9. The first-order valence-corrected chi connectivity index (χ1v) is 24.6. The van der Waals surface area contributed by atoms with Gasteiger partial charge in [0.2, 0.25) is 0 Å². The second-order valence-electron chi connectivity index (χ2n) is 20.8. The van der Waals surface area contributed by atoms with Crippen LogP contribution in [0.4, 0.5) is 28.4 Å². The molecule has 1 aliphatic heterocycles. The third kappa shape index (κ3) is 9.38. The average molecular weight is 1120 g/mol. The molecule has 5 nitrogen and oxygen atoms in total. The Labute approximate surface area is 439 Å². The van der Waals surface area contributed by atoms with Crippen molar-refractivity contribution in [1.29, 1.82) is 0 Å². The molecule has 2 unspecified atom stereocenters. The summed E-state index contributed by atoms with van der Waals surface area (Å²) in [4.78, 5) is 15.3. The quantitative estimate of drug-likeness (QED) is 0.146. The van der Waals surface area contributed by atoms with Crippen LogP contribution in [0.25, 0.3) is 56.0 Å². The van der Waals surface area contributed by atoms with Crippen molar-refractivity contribution in [1.82, 2.24) is 9.97 Å². The van der Waals surface area contributed by atoms with Crippen LogP contribution in [0, 0.1) is 6.07 Å². The van der Waals surface area contributed by atoms with Crippen molar-refractivity contribution in [2.75, 3.05) is 9.80 Å². The molecule has 0 saturated heterocycles. The Kier molecular flexibility index (Phi) is 13.0. The maximum absolute atomic E-state index is 11.4. The van der Waals surface area contributed by atoms with Crippen LogP contribution in [0.1, 0.15) is 64.2 Å². The van der Waals surface area contributed by atoms with E-state index >= 15 is 0 Å². The van der Waals surface area contributed by atoms with E-state index in [4.69, 9.17) is 9.97 Å². The van der Waals surface area contributed by atoms with Crippen LogP contribution in [-0.2, 0) is 31.9 Å². The van der Waals surface area contributed by atoms with Crippen LogP contribution >= 0.6 is 0 Å². The van der Waals surface area contributed by atoms with Crippen LogP contribution in [0.3, 0.4) is 0 Å². The number of rotatable bonds is 9. The van der Waals surface area contributed by atoms with E-state index in [1.54, 1.807) is 6.07 Å². The molecule has 11 rings (SSSR count). The van der Waals surface area contributed by atoms with E-state index in [1.807, 2.05) is 36.5 Å². The molecular formula is C66H57N4OPt-. The Bertz CT molecular complexity index is 3410. The van der Waals surface area contributed by atoms with Crippen molar-refractivity contribution >= 4 is 28.4 Å². The van der Waals surface area contributed by atoms with Gasteiger partial charge in [-0.25, -0.2) is 0 Å². The van der Waals surface area contributed by atoms with Gasteiger partial charge in [0.05, 0.1) is 17.4 Å². The Morgan fingerprint density at radius 1 is 0.514 bits per heavy atom. The van der Waals surface area contributed by atoms with Gasteiger partial charge in [-0.3, -0.25) is 9.97 Å². The molecule has 0 saturated carbocycles. The molecule has 2 aliphatic rings. The Morgan fingerprint density at radius 2 is 1.07 bits per heavy atom. The van der Waals surface area contributed by atoms with Gasteiger partial charge in [-0.1, -0.05) is 192 Å². The van der Waals surface area contributed by atoms with Gasteiger partial charge in [0.15, 0.2) is 0 Å². The predicted octanol–water partition coefficient (Wildman–Crippen LogP) is 17.1. The number of para-hydroxylation sites is 5. The number of phenolic OH excluding ortho intramolecular Hbond substituents is 1. The largest absolute Gasteiger partial charge is 0.507 e. The third-order valence-electron chi connectivity index (χ3n) is 13.9. The minimum absolute atomic E-state index is 0. The number of phenols is 1. The minimum Gasteiger partial charge on any atom is -0.507 e. The molecule has 0 spiro atoms. The van der Waals surface area contributed by atoms with Crippen LogP contribution in [-0.4, -0.2) is 21.1 Å². The number of allylic oxidation sites excluding steroid dienone is 2. The average Bonchev–Trinajstić information content (AvgIpc) is 3.74. The molecule has 72 heavy (non-hydrogen) atoms. The van der Waals surface area contributed by atoms with E-state index in [-0.39, 0.29) is 49.6 Å². The molecule has 0 radical (unpaired) electrons. The number of hydrogen-bond acceptors (Lipinski definition) is 5. The zero-order valence-electron chi connectivity index (χ0n) is 41.5. The zero-order chi connectivity index (χ0) is 48.9. The van der Waals surface area contributed by atoms with Gasteiger partial charge in [0.25, 0.3) is 0 Å². The summed E-state index contributed by atoms with van der Waals surface area (Å²) in [6.45, 7) is 13.6. The molecule has 0 fully saturated rings. The molecule has 7 aromatic carbocycles. The fourth-order valence-electron chi connectivity index (χ4n) is 10.1. The Balaban J connectivity index is 0.00000596. The number of aromatic hydroxyl groups is 1. The summed E-state index contributed by atoms with van der Waals surface area (Å²) >= 11 is 0. The van der Waals surface area contributed by atoms with E-state index in [9.17, 15) is 5.11 Å². The second kappa shape index (κ2) is 19.5. The molecule has 2 atom stereocenters. The van der Waals surface area contributed by atoms with Gasteiger partial charge in [-0.15, -0.1) is 18.2 Å². The van der Waals surface area contributed by atoms with Gasteiger partial charge >= 0.3 is 0 Å². The fourth-order valence-corrected chi connectivity index (χ4v) is 10.1. The Morgan fingerprint density at radius 3 is 1.72 bits per heavy atom. The summed E-state index contributed by atoms with van der Waals surface area (Å²) < 4.78 is 0. The van der Waals surface area contributed by atoms with Crippen molar-refractivity contribution in [3.63, 3.8) is 0 Å². The first kappa shape index (κ1) is 48.1. The fraction of sp³-hybridized carbons (Fsp3) is 0.152. The molecular weight excluding hydrogens is 1060 g/mol. The molecule has 0 amide bonds. The summed E-state index contributed by atoms with van der Waals surface area (Å²) in [6, 6.07) is 69.9. The number of aromatic nitrogens is 2. The van der Waals surface area contributed by atoms with Gasteiger partial charge in [0.1, 0.15) is 5.75 Å². The van der Waals surface area contributed by atoms with Crippen molar-refractivity contribution in [3.8, 4) is 61.8 Å². The number of hydrogen-bond donors (Lipinski definition) is 1. The Hall–Kier alpha value is -7.59. The van der Waals surface area contributed by atoms with Crippen molar-refractivity contribution in [2.24, 2.45) is 0 Å². The number of pyridine rings is 2. The monoisotopic (exact) mass is 1120 g/mol. The summed E-state index contributed by atoms with van der Waals surface area (Å²) in [5, 5.41) is 11.4. The van der Waals surface area contributed by atoms with E-state index < -0.39 is 0 Å². The first-order chi connectivity index (χ1) is 34.4. The molecule has 358 valence electrons. The molecule has 6 heteroatoms. The summed E-state index contributed by atoms with van der Waals surface area (Å²) in [5.74, 6) is 0.401. The SMILES string of the molecule is CC(C)(C)c1cc(-c2cc(-c3[c-]c(-c4cc(-c5cccc6c5N(c5ccccc5)C5C=CC=CC65)ccn4)cc(N(c4ccccc4)c4ccccc4)c3)nc(-c3ccccc3O)c2)cc(C(C)(C)C)c1.[Pt]. The van der Waals surface area contributed by atoms with Gasteiger partial charge in [-0.05, 0) is 111 Å². The van der Waals surface area contributed by atoms with Crippen molar-refractivity contribution < 1.29 is 26.2 Å². The maximum Gasteiger partial charge on any atom is 0.124 e. The number of benzene rings is 7. The van der Waals surface area contributed by atoms with E-state index in [2.05, 4.69) is 233 Å². The van der Waals surface area contributed by atoms with Crippen LogP contribution < -0.4 is 9.80 Å². The minimum atomic E-state index is -0.0880. The van der Waals surface area contributed by atoms with Crippen molar-refractivity contribution in [2.45, 2.75) is 64.3 Å². The van der Waals surface area contributed by atoms with E-state index in [0.29, 0.717) is 11.3 Å². The van der Waals surface area contributed by atoms with E-state index in [1.165, 1.54) is 22.4 Å². The van der Waals surface area contributed by atoms with Gasteiger partial charge < -0.3 is 14.9 Å². The number of fused-ring (bicyclic) bond motifs is 3. The number of nitrogens with zero attached hydrogens (tertiary/aromatic N) is 4. The molecule has 2 aromatic heterocycles. The van der Waals surface area contributed by atoms with Crippen LogP contribution in [0.5, 0.6) is 5.75 Å². The molecule has 1 aliphatic carbocycles. The summed E-state index contributed by atoms with van der Waals surface area (Å²) in [7, 11) is 0. The maximum atomic E-state index is 11.4. The normalized spacial score (nSPS) is 14.9. The smallest absolute Gasteiger partial charge is 0.124 e. The summed E-state index contributed by atoms with van der Waals surface area (Å²) in [6.07, 6.45) is 10.9. The van der Waals surface area contributed by atoms with Crippen LogP contribution in [0.15, 0.2) is 219 Å². The zero-order valence-corrected chi connectivity index (χ0v) is 43.8. The number of anilines is 5. The van der Waals surface area contributed by atoms with E-state index in [0.717, 1.165) is 67.5 Å². The predicted molar refractivity (Wildman–Crippen MR) is 295 cm³/mol. The standard InChI is InChI=1S/C66H57N4O.Pt/c1-65(2,3)49-36-45(37-50(43-49)66(4,5)6)46-41-60(68-61(42-46)58-28-17-19-32-63(58)71)48-35-47(38-54(39-48)69(51-21-10-7-11-22-51)52-23-12-8-13-24-52)59-40-44(33-34-67-59)55-29-20-30-57-56-27-16-18-31-62(56)70(64(55)57)53-25-14-9-15-26-53;/h7-34,36-43,56,62,71H,1-6H3;/q-1;. The molecule has 9 aromatic rings. The first-order valence-electron chi connectivity index (χ1n) is 24.6. The molecule has 3 heterocycles. The summed E-state index contributed by atoms with van der Waals surface area (Å²) in [5.41, 5.74) is 17.7. The van der Waals surface area contributed by atoms with Crippen LogP contribution in [0.2, 0.25) is 0 Å². The van der Waals surface area contributed by atoms with Gasteiger partial charge in [0, 0.05) is 72.8 Å². The van der Waals surface area contributed by atoms with Crippen molar-refractivity contribution in [3.05, 3.63) is 241 Å². The second-order valence-corrected chi connectivity index (χ2v) is 20.8. The molecule has 0 bridgehead atoms.